The first-order valence-corrected chi connectivity index (χ1v) is 8.57. The number of carbonyl (C=O) groups excluding carboxylic acids is 2. The van der Waals surface area contributed by atoms with Crippen molar-refractivity contribution in [2.45, 2.75) is 40.2 Å². The molecule has 1 atom stereocenters. The van der Waals surface area contributed by atoms with Crippen molar-refractivity contribution in [3.05, 3.63) is 65.2 Å². The van der Waals surface area contributed by atoms with Crippen LogP contribution in [-0.2, 0) is 9.59 Å². The van der Waals surface area contributed by atoms with E-state index in [1.165, 1.54) is 0 Å². The van der Waals surface area contributed by atoms with Crippen molar-refractivity contribution in [1.82, 2.24) is 4.90 Å². The summed E-state index contributed by atoms with van der Waals surface area (Å²) in [4.78, 5) is 26.0. The van der Waals surface area contributed by atoms with Crippen LogP contribution in [0, 0.1) is 13.8 Å². The van der Waals surface area contributed by atoms with Gasteiger partial charge in [-0.05, 0) is 38.0 Å². The van der Waals surface area contributed by atoms with Crippen LogP contribution in [0.5, 0.6) is 0 Å². The second kappa shape index (κ2) is 8.47. The highest BCUT2D eigenvalue weighted by atomic mass is 16.2. The fraction of sp³-hybridized carbons (Fsp3) is 0.333. The highest BCUT2D eigenvalue weighted by Gasteiger charge is 2.19. The molecule has 0 aliphatic heterocycles. The highest BCUT2D eigenvalue weighted by molar-refractivity contribution is 5.91. The third-order valence-corrected chi connectivity index (χ3v) is 4.39. The van der Waals surface area contributed by atoms with Crippen LogP contribution in [0.1, 0.15) is 43.0 Å². The van der Waals surface area contributed by atoms with E-state index < -0.39 is 0 Å². The zero-order valence-electron chi connectivity index (χ0n) is 15.4. The summed E-state index contributed by atoms with van der Waals surface area (Å²) in [6.45, 7) is 7.92. The topological polar surface area (TPSA) is 49.4 Å². The van der Waals surface area contributed by atoms with E-state index in [2.05, 4.69) is 5.32 Å². The van der Waals surface area contributed by atoms with Crippen LogP contribution in [0.4, 0.5) is 5.69 Å². The molecule has 0 aliphatic carbocycles. The molecule has 2 rings (SSSR count). The summed E-state index contributed by atoms with van der Waals surface area (Å²) in [5.41, 5.74) is 4.08. The van der Waals surface area contributed by atoms with Gasteiger partial charge >= 0.3 is 0 Å². The largest absolute Gasteiger partial charge is 0.336 e. The van der Waals surface area contributed by atoms with E-state index >= 15 is 0 Å². The Hall–Kier alpha value is -2.62. The molecule has 4 nitrogen and oxygen atoms in total. The van der Waals surface area contributed by atoms with Crippen LogP contribution in [0.25, 0.3) is 0 Å². The summed E-state index contributed by atoms with van der Waals surface area (Å²) in [7, 11) is 0. The third-order valence-electron chi connectivity index (χ3n) is 4.39. The molecule has 1 unspecified atom stereocenters. The number of nitrogens with zero attached hydrogens (tertiary/aromatic N) is 1. The van der Waals surface area contributed by atoms with Crippen LogP contribution in [0.3, 0.4) is 0 Å². The molecule has 0 aliphatic rings. The van der Waals surface area contributed by atoms with E-state index in [0.717, 1.165) is 22.4 Å². The zero-order chi connectivity index (χ0) is 18.4. The monoisotopic (exact) mass is 338 g/mol. The summed E-state index contributed by atoms with van der Waals surface area (Å²) in [6, 6.07) is 15.7. The number of hydrogen-bond acceptors (Lipinski definition) is 2. The SMILES string of the molecule is CC(=O)N(CCC(=O)Nc1ccc(C)cc1C)C(C)c1ccccc1. The summed E-state index contributed by atoms with van der Waals surface area (Å²) < 4.78 is 0. The molecule has 1 N–H and O–H groups in total. The predicted octanol–water partition coefficient (Wildman–Crippen LogP) is 4.24. The van der Waals surface area contributed by atoms with Gasteiger partial charge in [0.1, 0.15) is 0 Å². The highest BCUT2D eigenvalue weighted by Crippen LogP contribution is 2.21. The molecule has 2 aromatic rings. The Morgan fingerprint density at radius 1 is 1.08 bits per heavy atom. The van der Waals surface area contributed by atoms with Gasteiger partial charge in [-0.3, -0.25) is 9.59 Å². The minimum atomic E-state index is -0.0848. The molecule has 4 heteroatoms. The van der Waals surface area contributed by atoms with Crippen molar-refractivity contribution >= 4 is 17.5 Å². The number of benzene rings is 2. The van der Waals surface area contributed by atoms with Crippen LogP contribution in [0.2, 0.25) is 0 Å². The van der Waals surface area contributed by atoms with Gasteiger partial charge in [-0.1, -0.05) is 48.0 Å². The van der Waals surface area contributed by atoms with Crippen LogP contribution >= 0.6 is 0 Å². The maximum Gasteiger partial charge on any atom is 0.226 e. The van der Waals surface area contributed by atoms with E-state index in [1.54, 1.807) is 11.8 Å². The van der Waals surface area contributed by atoms with Gasteiger partial charge < -0.3 is 10.2 Å². The summed E-state index contributed by atoms with van der Waals surface area (Å²) >= 11 is 0. The molecule has 0 aromatic heterocycles. The fourth-order valence-corrected chi connectivity index (χ4v) is 2.92. The molecule has 0 spiro atoms. The molecule has 25 heavy (non-hydrogen) atoms. The molecule has 0 heterocycles. The van der Waals surface area contributed by atoms with Gasteiger partial charge in [0.25, 0.3) is 0 Å². The number of hydrogen-bond donors (Lipinski definition) is 1. The smallest absolute Gasteiger partial charge is 0.226 e. The molecule has 0 bridgehead atoms. The van der Waals surface area contributed by atoms with Crippen molar-refractivity contribution in [2.24, 2.45) is 0 Å². The van der Waals surface area contributed by atoms with E-state index in [0.29, 0.717) is 6.54 Å². The quantitative estimate of drug-likeness (QED) is 0.856. The number of anilines is 1. The van der Waals surface area contributed by atoms with Gasteiger partial charge in [0, 0.05) is 25.6 Å². The molecule has 132 valence electrons. The summed E-state index contributed by atoms with van der Waals surface area (Å²) in [5.74, 6) is -0.117. The van der Waals surface area contributed by atoms with Gasteiger partial charge in [-0.2, -0.15) is 0 Å². The number of nitrogens with one attached hydrogen (secondary N) is 1. The lowest BCUT2D eigenvalue weighted by atomic mass is 10.1. The Morgan fingerprint density at radius 2 is 1.76 bits per heavy atom. The second-order valence-corrected chi connectivity index (χ2v) is 6.42. The van der Waals surface area contributed by atoms with Crippen molar-refractivity contribution in [2.75, 3.05) is 11.9 Å². The van der Waals surface area contributed by atoms with E-state index in [9.17, 15) is 9.59 Å². The molecule has 0 fully saturated rings. The Bertz CT molecular complexity index is 741. The van der Waals surface area contributed by atoms with Gasteiger partial charge in [0.2, 0.25) is 11.8 Å². The number of carbonyl (C=O) groups is 2. The number of aryl methyl sites for hydroxylation is 2. The maximum absolute atomic E-state index is 12.3. The first kappa shape index (κ1) is 18.7. The Kier molecular flexibility index (Phi) is 6.34. The van der Waals surface area contributed by atoms with Crippen LogP contribution < -0.4 is 5.32 Å². The molecule has 2 amide bonds. The van der Waals surface area contributed by atoms with E-state index in [-0.39, 0.29) is 24.3 Å². The summed E-state index contributed by atoms with van der Waals surface area (Å²) in [5, 5.41) is 2.93. The molecular formula is C21H26N2O2. The Labute approximate surface area is 149 Å². The van der Waals surface area contributed by atoms with Crippen LogP contribution in [-0.4, -0.2) is 23.3 Å². The molecular weight excluding hydrogens is 312 g/mol. The van der Waals surface area contributed by atoms with Crippen molar-refractivity contribution in [3.63, 3.8) is 0 Å². The van der Waals surface area contributed by atoms with Gasteiger partial charge in [-0.25, -0.2) is 0 Å². The average Bonchev–Trinajstić information content (AvgIpc) is 2.58. The van der Waals surface area contributed by atoms with E-state index in [1.807, 2.05) is 69.3 Å². The lowest BCUT2D eigenvalue weighted by molar-refractivity contribution is -0.131. The van der Waals surface area contributed by atoms with Crippen molar-refractivity contribution < 1.29 is 9.59 Å². The summed E-state index contributed by atoms with van der Waals surface area (Å²) in [6.07, 6.45) is 0.268. The molecule has 2 aromatic carbocycles. The normalized spacial score (nSPS) is 11.7. The number of rotatable bonds is 6. The Balaban J connectivity index is 1.98. The average molecular weight is 338 g/mol. The molecule has 0 saturated carbocycles. The third kappa shape index (κ3) is 5.18. The minimum Gasteiger partial charge on any atom is -0.336 e. The lowest BCUT2D eigenvalue weighted by Gasteiger charge is -2.28. The standard InChI is InChI=1S/C21H26N2O2/c1-15-10-11-20(16(2)14-15)22-21(25)12-13-23(18(4)24)17(3)19-8-6-5-7-9-19/h5-11,14,17H,12-13H2,1-4H3,(H,22,25). The zero-order valence-corrected chi connectivity index (χ0v) is 15.4. The van der Waals surface area contributed by atoms with Crippen molar-refractivity contribution in [3.8, 4) is 0 Å². The maximum atomic E-state index is 12.3. The fourth-order valence-electron chi connectivity index (χ4n) is 2.92. The molecule has 0 radical (unpaired) electrons. The lowest BCUT2D eigenvalue weighted by Crippen LogP contribution is -2.34. The van der Waals surface area contributed by atoms with E-state index in [4.69, 9.17) is 0 Å². The predicted molar refractivity (Wildman–Crippen MR) is 101 cm³/mol. The number of amides is 2. The first-order chi connectivity index (χ1) is 11.9. The van der Waals surface area contributed by atoms with Gasteiger partial charge in [0.15, 0.2) is 0 Å². The Morgan fingerprint density at radius 3 is 2.36 bits per heavy atom. The molecule has 0 saturated heterocycles. The van der Waals surface area contributed by atoms with Gasteiger partial charge in [-0.15, -0.1) is 0 Å². The minimum absolute atomic E-state index is 0.0318. The van der Waals surface area contributed by atoms with Crippen LogP contribution in [0.15, 0.2) is 48.5 Å². The second-order valence-electron chi connectivity index (χ2n) is 6.42. The van der Waals surface area contributed by atoms with Crippen molar-refractivity contribution in [1.29, 1.82) is 0 Å². The first-order valence-electron chi connectivity index (χ1n) is 8.57. The van der Waals surface area contributed by atoms with Gasteiger partial charge in [0.05, 0.1) is 6.04 Å².